The van der Waals surface area contributed by atoms with Gasteiger partial charge in [-0.05, 0) is 24.5 Å². The Morgan fingerprint density at radius 3 is 2.83 bits per heavy atom. The van der Waals surface area contributed by atoms with Crippen molar-refractivity contribution in [3.8, 4) is 0 Å². The highest BCUT2D eigenvalue weighted by Crippen LogP contribution is 2.24. The quantitative estimate of drug-likeness (QED) is 0.684. The Kier molecular flexibility index (Phi) is 3.83. The van der Waals surface area contributed by atoms with Crippen molar-refractivity contribution in [3.63, 3.8) is 0 Å². The van der Waals surface area contributed by atoms with Crippen LogP contribution < -0.4 is 0 Å². The van der Waals surface area contributed by atoms with Crippen molar-refractivity contribution < 1.29 is 0 Å². The third-order valence-electron chi connectivity index (χ3n) is 1.62. The van der Waals surface area contributed by atoms with Gasteiger partial charge in [0.2, 0.25) is 0 Å². The summed E-state index contributed by atoms with van der Waals surface area (Å²) < 4.78 is 0. The summed E-state index contributed by atoms with van der Waals surface area (Å²) in [6.07, 6.45) is 4.54. The standard InChI is InChI=1S/C9H10Cl2N/c1-2-3-4-7-5-6-12-9(11)8(7)10/h5-6H,1-4H2. The number of pyridine rings is 1. The minimum absolute atomic E-state index is 0.387. The summed E-state index contributed by atoms with van der Waals surface area (Å²) in [5, 5.41) is 0.964. The second kappa shape index (κ2) is 4.68. The molecule has 0 aliphatic carbocycles. The molecule has 1 rings (SSSR count). The van der Waals surface area contributed by atoms with E-state index in [0.29, 0.717) is 10.2 Å². The van der Waals surface area contributed by atoms with E-state index in [9.17, 15) is 0 Å². The molecule has 1 aromatic heterocycles. The summed E-state index contributed by atoms with van der Waals surface area (Å²) in [6.45, 7) is 3.76. The maximum absolute atomic E-state index is 5.91. The molecule has 0 atom stereocenters. The lowest BCUT2D eigenvalue weighted by atomic mass is 10.1. The Labute approximate surface area is 82.7 Å². The van der Waals surface area contributed by atoms with Crippen LogP contribution in [0.3, 0.4) is 0 Å². The van der Waals surface area contributed by atoms with E-state index < -0.39 is 0 Å². The van der Waals surface area contributed by atoms with E-state index >= 15 is 0 Å². The number of rotatable bonds is 3. The van der Waals surface area contributed by atoms with Crippen LogP contribution >= 0.6 is 23.2 Å². The van der Waals surface area contributed by atoms with Crippen LogP contribution in [0.1, 0.15) is 18.4 Å². The second-order valence-electron chi connectivity index (χ2n) is 2.53. The van der Waals surface area contributed by atoms with Crippen molar-refractivity contribution in [2.75, 3.05) is 0 Å². The molecule has 1 nitrogen and oxygen atoms in total. The molecule has 0 bridgehead atoms. The number of hydrogen-bond donors (Lipinski definition) is 0. The van der Waals surface area contributed by atoms with Gasteiger partial charge >= 0.3 is 0 Å². The number of halogens is 2. The smallest absolute Gasteiger partial charge is 0.147 e. The number of nitrogens with zero attached hydrogens (tertiary/aromatic N) is 1. The van der Waals surface area contributed by atoms with Gasteiger partial charge in [0.1, 0.15) is 5.15 Å². The third kappa shape index (κ3) is 2.36. The molecule has 0 aromatic carbocycles. The Morgan fingerprint density at radius 2 is 2.17 bits per heavy atom. The molecule has 1 aromatic rings. The molecule has 65 valence electrons. The Balaban J connectivity index is 2.78. The first-order valence-corrected chi connectivity index (χ1v) is 4.59. The predicted molar refractivity (Wildman–Crippen MR) is 52.6 cm³/mol. The first-order valence-electron chi connectivity index (χ1n) is 3.84. The molecule has 1 radical (unpaired) electrons. The van der Waals surface area contributed by atoms with E-state index in [1.165, 1.54) is 0 Å². The van der Waals surface area contributed by atoms with Gasteiger partial charge in [-0.15, -0.1) is 0 Å². The fraction of sp³-hybridized carbons (Fsp3) is 0.333. The second-order valence-corrected chi connectivity index (χ2v) is 3.27. The van der Waals surface area contributed by atoms with Crippen molar-refractivity contribution in [2.24, 2.45) is 0 Å². The van der Waals surface area contributed by atoms with E-state index in [1.807, 2.05) is 6.07 Å². The normalized spacial score (nSPS) is 10.2. The summed E-state index contributed by atoms with van der Waals surface area (Å²) in [7, 11) is 0. The molecule has 0 spiro atoms. The van der Waals surface area contributed by atoms with Gasteiger partial charge in [0.15, 0.2) is 0 Å². The first kappa shape index (κ1) is 9.82. The predicted octanol–water partition coefficient (Wildman–Crippen LogP) is 3.55. The van der Waals surface area contributed by atoms with E-state index in [1.54, 1.807) is 6.20 Å². The van der Waals surface area contributed by atoms with E-state index in [0.717, 1.165) is 24.8 Å². The fourth-order valence-electron chi connectivity index (χ4n) is 0.964. The van der Waals surface area contributed by atoms with Crippen molar-refractivity contribution in [3.05, 3.63) is 34.9 Å². The van der Waals surface area contributed by atoms with Gasteiger partial charge in [-0.2, -0.15) is 0 Å². The number of unbranched alkanes of at least 4 members (excludes halogenated alkanes) is 1. The summed E-state index contributed by atoms with van der Waals surface area (Å²) >= 11 is 11.6. The minimum atomic E-state index is 0.387. The molecule has 0 saturated carbocycles. The van der Waals surface area contributed by atoms with E-state index in [4.69, 9.17) is 23.2 Å². The average molecular weight is 203 g/mol. The van der Waals surface area contributed by atoms with Crippen LogP contribution in [0.2, 0.25) is 10.2 Å². The monoisotopic (exact) mass is 202 g/mol. The SMILES string of the molecule is [CH2]CCCc1ccnc(Cl)c1Cl. The molecule has 0 aliphatic heterocycles. The largest absolute Gasteiger partial charge is 0.243 e. The molecule has 0 amide bonds. The van der Waals surface area contributed by atoms with Gasteiger partial charge in [-0.3, -0.25) is 0 Å². The summed E-state index contributed by atoms with van der Waals surface area (Å²) in [4.78, 5) is 3.87. The lowest BCUT2D eigenvalue weighted by Gasteiger charge is -2.02. The van der Waals surface area contributed by atoms with Gasteiger partial charge in [0, 0.05) is 6.20 Å². The van der Waals surface area contributed by atoms with E-state index in [-0.39, 0.29) is 0 Å². The van der Waals surface area contributed by atoms with E-state index in [2.05, 4.69) is 11.9 Å². The lowest BCUT2D eigenvalue weighted by molar-refractivity contribution is 0.839. The van der Waals surface area contributed by atoms with Gasteiger partial charge < -0.3 is 0 Å². The molecule has 0 aliphatic rings. The zero-order valence-electron chi connectivity index (χ0n) is 6.69. The Morgan fingerprint density at radius 1 is 1.42 bits per heavy atom. The molecule has 0 fully saturated rings. The van der Waals surface area contributed by atoms with Crippen LogP contribution in [0.15, 0.2) is 12.3 Å². The maximum atomic E-state index is 5.91. The van der Waals surface area contributed by atoms with Crippen LogP contribution in [-0.2, 0) is 6.42 Å². The molecular formula is C9H10Cl2N. The van der Waals surface area contributed by atoms with Crippen molar-refractivity contribution in [1.29, 1.82) is 0 Å². The molecule has 0 N–H and O–H groups in total. The minimum Gasteiger partial charge on any atom is -0.243 e. The van der Waals surface area contributed by atoms with Crippen LogP contribution in [0, 0.1) is 6.92 Å². The molecule has 3 heteroatoms. The first-order chi connectivity index (χ1) is 5.75. The van der Waals surface area contributed by atoms with Crippen LogP contribution in [0.25, 0.3) is 0 Å². The van der Waals surface area contributed by atoms with Gasteiger partial charge in [-0.25, -0.2) is 4.98 Å². The highest BCUT2D eigenvalue weighted by atomic mass is 35.5. The lowest BCUT2D eigenvalue weighted by Crippen LogP contribution is -1.88. The Bertz CT molecular complexity index is 261. The molecule has 12 heavy (non-hydrogen) atoms. The summed E-state index contributed by atoms with van der Waals surface area (Å²) in [5.41, 5.74) is 1.06. The zero-order valence-corrected chi connectivity index (χ0v) is 8.20. The van der Waals surface area contributed by atoms with Crippen LogP contribution in [0.5, 0.6) is 0 Å². The number of hydrogen-bond acceptors (Lipinski definition) is 1. The topological polar surface area (TPSA) is 12.9 Å². The van der Waals surface area contributed by atoms with Crippen molar-refractivity contribution in [2.45, 2.75) is 19.3 Å². The molecule has 1 heterocycles. The van der Waals surface area contributed by atoms with Gasteiger partial charge in [0.05, 0.1) is 5.02 Å². The molecule has 0 unspecified atom stereocenters. The van der Waals surface area contributed by atoms with Crippen molar-refractivity contribution >= 4 is 23.2 Å². The average Bonchev–Trinajstić information content (AvgIpc) is 2.08. The van der Waals surface area contributed by atoms with Gasteiger partial charge in [-0.1, -0.05) is 36.5 Å². The summed E-state index contributed by atoms with van der Waals surface area (Å²) in [5.74, 6) is 0. The molecular weight excluding hydrogens is 193 g/mol. The van der Waals surface area contributed by atoms with Crippen LogP contribution in [-0.4, -0.2) is 4.98 Å². The maximum Gasteiger partial charge on any atom is 0.147 e. The van der Waals surface area contributed by atoms with Crippen LogP contribution in [0.4, 0.5) is 0 Å². The third-order valence-corrected chi connectivity index (χ3v) is 2.43. The zero-order chi connectivity index (χ0) is 8.97. The van der Waals surface area contributed by atoms with Crippen molar-refractivity contribution in [1.82, 2.24) is 4.98 Å². The Hall–Kier alpha value is -0.270. The molecule has 0 saturated heterocycles. The van der Waals surface area contributed by atoms with Gasteiger partial charge in [0.25, 0.3) is 0 Å². The highest BCUT2D eigenvalue weighted by molar-refractivity contribution is 6.41. The number of aromatic nitrogens is 1. The highest BCUT2D eigenvalue weighted by Gasteiger charge is 2.03. The number of aryl methyl sites for hydroxylation is 1. The summed E-state index contributed by atoms with van der Waals surface area (Å²) in [6, 6.07) is 1.89. The fourth-order valence-corrected chi connectivity index (χ4v) is 1.35.